The van der Waals surface area contributed by atoms with Crippen LogP contribution in [0.3, 0.4) is 0 Å². The molecular formula is C12H8F3IN2O2. The van der Waals surface area contributed by atoms with E-state index in [1.165, 1.54) is 12.3 Å². The number of hydrogen-bond donors (Lipinski definition) is 1. The van der Waals surface area contributed by atoms with Crippen LogP contribution in [0.5, 0.6) is 0 Å². The monoisotopic (exact) mass is 396 g/mol. The Labute approximate surface area is 125 Å². The minimum Gasteiger partial charge on any atom is -0.467 e. The second-order valence-electron chi connectivity index (χ2n) is 3.80. The van der Waals surface area contributed by atoms with Crippen LogP contribution in [0.15, 0.2) is 28.9 Å². The lowest BCUT2D eigenvalue weighted by atomic mass is 10.1. The third-order valence-electron chi connectivity index (χ3n) is 2.44. The zero-order valence-corrected chi connectivity index (χ0v) is 12.0. The first-order valence-electron chi connectivity index (χ1n) is 5.41. The van der Waals surface area contributed by atoms with Crippen LogP contribution in [0.4, 0.5) is 18.9 Å². The van der Waals surface area contributed by atoms with Crippen molar-refractivity contribution in [2.24, 2.45) is 0 Å². The summed E-state index contributed by atoms with van der Waals surface area (Å²) < 4.78 is 44.4. The van der Waals surface area contributed by atoms with Crippen molar-refractivity contribution < 1.29 is 22.4 Å². The molecule has 0 unspecified atom stereocenters. The number of carbonyl (C=O) groups excluding carboxylic acids is 1. The van der Waals surface area contributed by atoms with Crippen molar-refractivity contribution in [3.63, 3.8) is 0 Å². The summed E-state index contributed by atoms with van der Waals surface area (Å²) in [7, 11) is 0. The zero-order chi connectivity index (χ0) is 14.8. The highest BCUT2D eigenvalue weighted by Crippen LogP contribution is 2.37. The quantitative estimate of drug-likeness (QED) is 0.487. The topological polar surface area (TPSA) is 55.1 Å². The number of aldehydes is 1. The molecule has 0 aromatic carbocycles. The molecule has 4 nitrogen and oxygen atoms in total. The van der Waals surface area contributed by atoms with Crippen LogP contribution >= 0.6 is 22.6 Å². The maximum absolute atomic E-state index is 13.0. The number of carbonyl (C=O) groups is 1. The fourth-order valence-electron chi connectivity index (χ4n) is 1.65. The van der Waals surface area contributed by atoms with Gasteiger partial charge in [0.1, 0.15) is 20.7 Å². The third kappa shape index (κ3) is 3.30. The van der Waals surface area contributed by atoms with E-state index in [1.807, 2.05) is 0 Å². The van der Waals surface area contributed by atoms with E-state index in [2.05, 4.69) is 10.3 Å². The molecule has 0 aliphatic rings. The summed E-state index contributed by atoms with van der Waals surface area (Å²) in [6, 6.07) is 4.50. The summed E-state index contributed by atoms with van der Waals surface area (Å²) >= 11 is 1.75. The molecule has 0 aliphatic carbocycles. The molecular weight excluding hydrogens is 388 g/mol. The molecule has 106 valence electrons. The lowest BCUT2D eigenvalue weighted by Crippen LogP contribution is -2.16. The molecule has 0 fully saturated rings. The van der Waals surface area contributed by atoms with Crippen LogP contribution in [0, 0.1) is 3.70 Å². The minimum atomic E-state index is -4.67. The van der Waals surface area contributed by atoms with Gasteiger partial charge in [0.25, 0.3) is 0 Å². The summed E-state index contributed by atoms with van der Waals surface area (Å²) in [5.74, 6) is 0.484. The summed E-state index contributed by atoms with van der Waals surface area (Å²) in [5.41, 5.74) is -1.90. The van der Waals surface area contributed by atoms with Crippen molar-refractivity contribution >= 4 is 34.6 Å². The molecule has 20 heavy (non-hydrogen) atoms. The molecule has 0 saturated carbocycles. The molecule has 0 atom stereocenters. The second-order valence-corrected chi connectivity index (χ2v) is 4.91. The van der Waals surface area contributed by atoms with Gasteiger partial charge in [-0.1, -0.05) is 0 Å². The number of pyridine rings is 1. The smallest absolute Gasteiger partial charge is 0.420 e. The second kappa shape index (κ2) is 5.81. The molecule has 1 N–H and O–H groups in total. The first-order valence-corrected chi connectivity index (χ1v) is 6.49. The fraction of sp³-hybridized carbons (Fsp3) is 0.167. The van der Waals surface area contributed by atoms with E-state index in [4.69, 9.17) is 4.42 Å². The fourth-order valence-corrected chi connectivity index (χ4v) is 2.22. The van der Waals surface area contributed by atoms with Gasteiger partial charge in [0.05, 0.1) is 18.5 Å². The van der Waals surface area contributed by atoms with E-state index >= 15 is 0 Å². The Morgan fingerprint density at radius 1 is 1.45 bits per heavy atom. The molecule has 0 amide bonds. The number of nitrogens with zero attached hydrogens (tertiary/aromatic N) is 1. The van der Waals surface area contributed by atoms with Gasteiger partial charge in [0, 0.05) is 0 Å². The van der Waals surface area contributed by atoms with E-state index in [9.17, 15) is 18.0 Å². The van der Waals surface area contributed by atoms with Gasteiger partial charge in [-0.2, -0.15) is 13.2 Å². The van der Waals surface area contributed by atoms with E-state index in [0.29, 0.717) is 9.46 Å². The number of rotatable bonds is 4. The lowest BCUT2D eigenvalue weighted by molar-refractivity contribution is -0.137. The summed E-state index contributed by atoms with van der Waals surface area (Å²) in [5, 5.41) is 2.62. The predicted molar refractivity (Wildman–Crippen MR) is 73.4 cm³/mol. The van der Waals surface area contributed by atoms with Crippen LogP contribution in [0.2, 0.25) is 0 Å². The van der Waals surface area contributed by atoms with Crippen LogP contribution in [0.1, 0.15) is 21.8 Å². The van der Waals surface area contributed by atoms with Gasteiger partial charge < -0.3 is 9.73 Å². The van der Waals surface area contributed by atoms with E-state index < -0.39 is 17.4 Å². The minimum absolute atomic E-state index is 0.0778. The van der Waals surface area contributed by atoms with Crippen LogP contribution in [-0.2, 0) is 12.7 Å². The molecule has 0 saturated heterocycles. The van der Waals surface area contributed by atoms with Crippen molar-refractivity contribution in [2.75, 3.05) is 5.32 Å². The molecule has 2 aromatic rings. The highest BCUT2D eigenvalue weighted by atomic mass is 127. The Bertz CT molecular complexity index is 612. The zero-order valence-electron chi connectivity index (χ0n) is 9.87. The Morgan fingerprint density at radius 2 is 2.20 bits per heavy atom. The van der Waals surface area contributed by atoms with Crippen molar-refractivity contribution in [3.05, 3.63) is 45.2 Å². The van der Waals surface area contributed by atoms with Gasteiger partial charge in [-0.15, -0.1) is 0 Å². The Morgan fingerprint density at radius 3 is 2.75 bits per heavy atom. The lowest BCUT2D eigenvalue weighted by Gasteiger charge is -2.15. The van der Waals surface area contributed by atoms with Gasteiger partial charge >= 0.3 is 6.18 Å². The largest absolute Gasteiger partial charge is 0.467 e. The van der Waals surface area contributed by atoms with Gasteiger partial charge in [-0.05, 0) is 40.8 Å². The van der Waals surface area contributed by atoms with E-state index in [-0.39, 0.29) is 18.5 Å². The number of furan rings is 1. The maximum Gasteiger partial charge on any atom is 0.420 e. The highest BCUT2D eigenvalue weighted by molar-refractivity contribution is 14.1. The van der Waals surface area contributed by atoms with Crippen LogP contribution in [0.25, 0.3) is 0 Å². The maximum atomic E-state index is 13.0. The third-order valence-corrected chi connectivity index (χ3v) is 3.00. The predicted octanol–water partition coefficient (Wildman–Crippen LogP) is 3.72. The number of alkyl halides is 3. The molecule has 0 bridgehead atoms. The van der Waals surface area contributed by atoms with Crippen molar-refractivity contribution in [1.82, 2.24) is 4.98 Å². The molecule has 8 heteroatoms. The van der Waals surface area contributed by atoms with E-state index in [0.717, 1.165) is 0 Å². The first kappa shape index (κ1) is 14.8. The Kier molecular flexibility index (Phi) is 4.31. The van der Waals surface area contributed by atoms with Crippen LogP contribution in [-0.4, -0.2) is 11.3 Å². The van der Waals surface area contributed by atoms with Gasteiger partial charge in [-0.3, -0.25) is 4.79 Å². The normalized spacial score (nSPS) is 11.4. The highest BCUT2D eigenvalue weighted by Gasteiger charge is 2.37. The summed E-state index contributed by atoms with van der Waals surface area (Å²) in [6.07, 6.45) is -3.14. The van der Waals surface area contributed by atoms with Crippen molar-refractivity contribution in [1.29, 1.82) is 0 Å². The molecule has 2 aromatic heterocycles. The number of nitrogens with one attached hydrogen (secondary N) is 1. The average molecular weight is 396 g/mol. The standard InChI is InChI=1S/C12H8F3IN2O2/c13-12(14,15)11-8(4-10(16)18-9(11)6-19)17-5-7-2-1-3-20-7/h1-4,6H,5H2,(H,17,18). The van der Waals surface area contributed by atoms with Gasteiger partial charge in [-0.25, -0.2) is 4.98 Å². The molecule has 0 spiro atoms. The van der Waals surface area contributed by atoms with Crippen LogP contribution < -0.4 is 5.32 Å². The SMILES string of the molecule is O=Cc1nc(I)cc(NCc2ccco2)c1C(F)(F)F. The Hall–Kier alpha value is -1.58. The van der Waals surface area contributed by atoms with Gasteiger partial charge in [0.15, 0.2) is 6.29 Å². The van der Waals surface area contributed by atoms with Crippen molar-refractivity contribution in [2.45, 2.75) is 12.7 Å². The average Bonchev–Trinajstić information content (AvgIpc) is 2.86. The summed E-state index contributed by atoms with van der Waals surface area (Å²) in [4.78, 5) is 14.4. The molecule has 0 aliphatic heterocycles. The molecule has 0 radical (unpaired) electrons. The number of aromatic nitrogens is 1. The Balaban J connectivity index is 2.39. The molecule has 2 heterocycles. The number of halogens is 4. The van der Waals surface area contributed by atoms with Gasteiger partial charge in [0.2, 0.25) is 0 Å². The van der Waals surface area contributed by atoms with Crippen molar-refractivity contribution in [3.8, 4) is 0 Å². The number of hydrogen-bond acceptors (Lipinski definition) is 4. The first-order chi connectivity index (χ1) is 9.41. The molecule has 2 rings (SSSR count). The summed E-state index contributed by atoms with van der Waals surface area (Å²) in [6.45, 7) is 0.0778. The number of anilines is 1. The van der Waals surface area contributed by atoms with E-state index in [1.54, 1.807) is 34.7 Å².